The van der Waals surface area contributed by atoms with Gasteiger partial charge in [-0.2, -0.15) is 0 Å². The lowest BCUT2D eigenvalue weighted by Crippen LogP contribution is -2.17. The summed E-state index contributed by atoms with van der Waals surface area (Å²) in [4.78, 5) is 0. The van der Waals surface area contributed by atoms with Crippen molar-refractivity contribution in [2.45, 2.75) is 45.1 Å². The van der Waals surface area contributed by atoms with E-state index in [-0.39, 0.29) is 0 Å². The Morgan fingerprint density at radius 1 is 1.20 bits per heavy atom. The predicted molar refractivity (Wildman–Crippen MR) is 66.0 cm³/mol. The lowest BCUT2D eigenvalue weighted by Gasteiger charge is -2.23. The minimum atomic E-state index is -0.741. The fourth-order valence-corrected chi connectivity index (χ4v) is 2.87. The highest BCUT2D eigenvalue weighted by Crippen LogP contribution is 2.33. The third-order valence-corrected chi connectivity index (χ3v) is 3.82. The van der Waals surface area contributed by atoms with Gasteiger partial charge in [0.2, 0.25) is 0 Å². The average molecular weight is 269 g/mol. The first-order chi connectivity index (χ1) is 6.98. The number of fused-ring (bicyclic) bond motifs is 1. The first-order valence-corrected chi connectivity index (χ1v) is 6.32. The number of benzene rings is 1. The second kappa shape index (κ2) is 3.91. The van der Waals surface area contributed by atoms with Crippen LogP contribution in [-0.2, 0) is 18.4 Å². The first-order valence-electron chi connectivity index (χ1n) is 5.52. The van der Waals surface area contributed by atoms with Gasteiger partial charge in [0.1, 0.15) is 0 Å². The molecular formula is C13H17BrO. The minimum Gasteiger partial charge on any atom is -0.386 e. The van der Waals surface area contributed by atoms with Gasteiger partial charge in [0.25, 0.3) is 0 Å². The molecule has 1 aromatic rings. The molecule has 2 heteroatoms. The van der Waals surface area contributed by atoms with E-state index in [9.17, 15) is 5.11 Å². The van der Waals surface area contributed by atoms with Gasteiger partial charge in [-0.25, -0.2) is 0 Å². The van der Waals surface area contributed by atoms with Crippen molar-refractivity contribution in [1.82, 2.24) is 0 Å². The number of halogens is 1. The predicted octanol–water partition coefficient (Wildman–Crippen LogP) is 3.56. The molecule has 0 saturated carbocycles. The number of aliphatic hydroxyl groups is 1. The molecule has 0 unspecified atom stereocenters. The van der Waals surface area contributed by atoms with E-state index < -0.39 is 5.60 Å². The Morgan fingerprint density at radius 2 is 1.87 bits per heavy atom. The van der Waals surface area contributed by atoms with E-state index in [1.54, 1.807) is 0 Å². The standard InChI is InChI=1S/C13H17BrO/c1-13(2,15)10-7-9-5-3-4-6-11(9)12(14)8-10/h7-8,15H,3-6H2,1-2H3. The zero-order valence-electron chi connectivity index (χ0n) is 9.31. The third-order valence-electron chi connectivity index (χ3n) is 3.12. The van der Waals surface area contributed by atoms with Gasteiger partial charge in [-0.05, 0) is 62.3 Å². The first kappa shape index (κ1) is 11.2. The van der Waals surface area contributed by atoms with Crippen molar-refractivity contribution in [2.24, 2.45) is 0 Å². The maximum Gasteiger partial charge on any atom is 0.0841 e. The molecule has 0 amide bonds. The second-order valence-corrected chi connectivity index (χ2v) is 5.72. The van der Waals surface area contributed by atoms with Gasteiger partial charge < -0.3 is 5.11 Å². The van der Waals surface area contributed by atoms with Crippen LogP contribution in [0.2, 0.25) is 0 Å². The molecule has 1 N–H and O–H groups in total. The topological polar surface area (TPSA) is 20.2 Å². The fourth-order valence-electron chi connectivity index (χ4n) is 2.17. The summed E-state index contributed by atoms with van der Waals surface area (Å²) in [7, 11) is 0. The van der Waals surface area contributed by atoms with E-state index in [4.69, 9.17) is 0 Å². The number of hydrogen-bond acceptors (Lipinski definition) is 1. The number of aryl methyl sites for hydroxylation is 1. The van der Waals surface area contributed by atoms with Crippen LogP contribution in [0.25, 0.3) is 0 Å². The van der Waals surface area contributed by atoms with Gasteiger partial charge in [-0.3, -0.25) is 0 Å². The summed E-state index contributed by atoms with van der Waals surface area (Å²) in [5.74, 6) is 0. The van der Waals surface area contributed by atoms with E-state index >= 15 is 0 Å². The Labute approximate surface area is 99.6 Å². The molecule has 1 aromatic carbocycles. The minimum absolute atomic E-state index is 0.741. The molecule has 0 spiro atoms. The van der Waals surface area contributed by atoms with Gasteiger partial charge >= 0.3 is 0 Å². The zero-order chi connectivity index (χ0) is 11.1. The molecule has 0 aromatic heterocycles. The molecule has 0 bridgehead atoms. The molecule has 15 heavy (non-hydrogen) atoms. The Morgan fingerprint density at radius 3 is 2.53 bits per heavy atom. The van der Waals surface area contributed by atoms with Crippen molar-refractivity contribution in [3.05, 3.63) is 33.3 Å². The van der Waals surface area contributed by atoms with E-state index in [0.29, 0.717) is 0 Å². The van der Waals surface area contributed by atoms with Crippen LogP contribution in [0.15, 0.2) is 16.6 Å². The maximum absolute atomic E-state index is 9.99. The van der Waals surface area contributed by atoms with Crippen LogP contribution in [0.3, 0.4) is 0 Å². The zero-order valence-corrected chi connectivity index (χ0v) is 10.9. The molecule has 2 rings (SSSR count). The van der Waals surface area contributed by atoms with Crippen molar-refractivity contribution in [3.63, 3.8) is 0 Å². The van der Waals surface area contributed by atoms with E-state index in [1.807, 2.05) is 13.8 Å². The van der Waals surface area contributed by atoms with Crippen LogP contribution in [0.1, 0.15) is 43.4 Å². The molecule has 1 aliphatic carbocycles. The highest BCUT2D eigenvalue weighted by atomic mass is 79.9. The Bertz CT molecular complexity index is 377. The van der Waals surface area contributed by atoms with Crippen LogP contribution < -0.4 is 0 Å². The highest BCUT2D eigenvalue weighted by molar-refractivity contribution is 9.10. The number of hydrogen-bond donors (Lipinski definition) is 1. The monoisotopic (exact) mass is 268 g/mol. The van der Waals surface area contributed by atoms with Gasteiger partial charge in [0.05, 0.1) is 5.60 Å². The molecule has 0 fully saturated rings. The van der Waals surface area contributed by atoms with Crippen LogP contribution in [-0.4, -0.2) is 5.11 Å². The molecule has 0 heterocycles. The van der Waals surface area contributed by atoms with Crippen molar-refractivity contribution in [3.8, 4) is 0 Å². The van der Waals surface area contributed by atoms with Crippen LogP contribution in [0, 0.1) is 0 Å². The van der Waals surface area contributed by atoms with Crippen molar-refractivity contribution < 1.29 is 5.11 Å². The normalized spacial score (nSPS) is 16.3. The van der Waals surface area contributed by atoms with Crippen molar-refractivity contribution in [2.75, 3.05) is 0 Å². The van der Waals surface area contributed by atoms with Crippen LogP contribution >= 0.6 is 15.9 Å². The summed E-state index contributed by atoms with van der Waals surface area (Å²) < 4.78 is 1.16. The van der Waals surface area contributed by atoms with E-state index in [0.717, 1.165) is 16.5 Å². The van der Waals surface area contributed by atoms with Gasteiger partial charge in [-0.1, -0.05) is 22.0 Å². The van der Waals surface area contributed by atoms with Gasteiger partial charge in [0.15, 0.2) is 0 Å². The lowest BCUT2D eigenvalue weighted by atomic mass is 9.87. The van der Waals surface area contributed by atoms with Crippen LogP contribution in [0.4, 0.5) is 0 Å². The lowest BCUT2D eigenvalue weighted by molar-refractivity contribution is 0.0784. The molecule has 1 aliphatic rings. The highest BCUT2D eigenvalue weighted by Gasteiger charge is 2.20. The summed E-state index contributed by atoms with van der Waals surface area (Å²) in [6.45, 7) is 3.67. The SMILES string of the molecule is CC(C)(O)c1cc(Br)c2c(c1)CCCC2. The largest absolute Gasteiger partial charge is 0.386 e. The van der Waals surface area contributed by atoms with Crippen molar-refractivity contribution in [1.29, 1.82) is 0 Å². The summed E-state index contributed by atoms with van der Waals surface area (Å²) in [6, 6.07) is 4.23. The van der Waals surface area contributed by atoms with E-state index in [2.05, 4.69) is 28.1 Å². The Kier molecular flexibility index (Phi) is 2.91. The van der Waals surface area contributed by atoms with Gasteiger partial charge in [0, 0.05) is 4.47 Å². The molecule has 82 valence electrons. The molecule has 0 aliphatic heterocycles. The Hall–Kier alpha value is -0.340. The molecule has 1 nitrogen and oxygen atoms in total. The van der Waals surface area contributed by atoms with Crippen LogP contribution in [0.5, 0.6) is 0 Å². The summed E-state index contributed by atoms with van der Waals surface area (Å²) in [5, 5.41) is 9.99. The molecule has 0 atom stereocenters. The Balaban J connectivity index is 2.50. The van der Waals surface area contributed by atoms with Crippen molar-refractivity contribution >= 4 is 15.9 Å². The summed E-state index contributed by atoms with van der Waals surface area (Å²) in [6.07, 6.45) is 4.88. The second-order valence-electron chi connectivity index (χ2n) is 4.86. The molecular weight excluding hydrogens is 252 g/mol. The summed E-state index contributed by atoms with van der Waals surface area (Å²) in [5.41, 5.74) is 3.12. The quantitative estimate of drug-likeness (QED) is 0.826. The number of rotatable bonds is 1. The molecule has 0 saturated heterocycles. The smallest absolute Gasteiger partial charge is 0.0841 e. The van der Waals surface area contributed by atoms with E-state index in [1.165, 1.54) is 30.4 Å². The third kappa shape index (κ3) is 2.26. The fraction of sp³-hybridized carbons (Fsp3) is 0.538. The van der Waals surface area contributed by atoms with Gasteiger partial charge in [-0.15, -0.1) is 0 Å². The average Bonchev–Trinajstić information content (AvgIpc) is 2.16. The molecule has 0 radical (unpaired) electrons. The maximum atomic E-state index is 9.99. The summed E-state index contributed by atoms with van der Waals surface area (Å²) >= 11 is 3.61.